The average Bonchev–Trinajstić information content (AvgIpc) is 2.96. The van der Waals surface area contributed by atoms with Gasteiger partial charge < -0.3 is 9.30 Å². The number of aryl methyl sites for hydroxylation is 1. The highest BCUT2D eigenvalue weighted by Crippen LogP contribution is 2.21. The molecule has 0 amide bonds. The van der Waals surface area contributed by atoms with Crippen LogP contribution in [0.1, 0.15) is 38.2 Å². The van der Waals surface area contributed by atoms with Gasteiger partial charge in [-0.1, -0.05) is 26.0 Å². The van der Waals surface area contributed by atoms with E-state index in [2.05, 4.69) is 47.7 Å². The van der Waals surface area contributed by atoms with E-state index in [0.717, 1.165) is 25.3 Å². The molecule has 0 aliphatic heterocycles. The summed E-state index contributed by atoms with van der Waals surface area (Å²) in [7, 11) is 0. The molecule has 3 nitrogen and oxygen atoms in total. The molecule has 0 saturated heterocycles. The first-order valence-electron chi connectivity index (χ1n) is 6.98. The number of ether oxygens (including phenoxy) is 1. The average molecular weight is 258 g/mol. The maximum Gasteiger partial charge on any atom is 0.119 e. The Hall–Kier alpha value is -1.77. The number of hydrogen-bond acceptors (Lipinski definition) is 2. The predicted octanol–water partition coefficient (Wildman–Crippen LogP) is 3.87. The largest absolute Gasteiger partial charge is 0.494 e. The molecule has 19 heavy (non-hydrogen) atoms. The number of hydrogen-bond donors (Lipinski definition) is 0. The molecule has 3 heteroatoms. The van der Waals surface area contributed by atoms with E-state index in [1.807, 2.05) is 12.5 Å². The third kappa shape index (κ3) is 4.12. The molecular weight excluding hydrogens is 236 g/mol. The van der Waals surface area contributed by atoms with Crippen molar-refractivity contribution in [2.75, 3.05) is 6.61 Å². The maximum absolute atomic E-state index is 5.74. The normalized spacial score (nSPS) is 12.3. The minimum absolute atomic E-state index is 0.621. The van der Waals surface area contributed by atoms with Crippen LogP contribution in [0.25, 0.3) is 0 Å². The van der Waals surface area contributed by atoms with Gasteiger partial charge in [-0.2, -0.15) is 0 Å². The van der Waals surface area contributed by atoms with Gasteiger partial charge in [0.25, 0.3) is 0 Å². The minimum Gasteiger partial charge on any atom is -0.494 e. The van der Waals surface area contributed by atoms with Crippen LogP contribution in [0.5, 0.6) is 5.75 Å². The molecule has 0 spiro atoms. The van der Waals surface area contributed by atoms with Gasteiger partial charge >= 0.3 is 0 Å². The quantitative estimate of drug-likeness (QED) is 0.705. The summed E-state index contributed by atoms with van der Waals surface area (Å²) in [4.78, 5) is 4.02. The molecule has 2 rings (SSSR count). The smallest absolute Gasteiger partial charge is 0.119 e. The fourth-order valence-electron chi connectivity index (χ4n) is 1.98. The van der Waals surface area contributed by atoms with E-state index in [0.29, 0.717) is 5.92 Å². The molecule has 2 aromatic rings. The van der Waals surface area contributed by atoms with E-state index in [1.165, 1.54) is 12.0 Å². The monoisotopic (exact) mass is 258 g/mol. The van der Waals surface area contributed by atoms with Crippen LogP contribution in [0.3, 0.4) is 0 Å². The highest BCUT2D eigenvalue weighted by Gasteiger charge is 2.02. The fraction of sp³-hybridized carbons (Fsp3) is 0.438. The zero-order valence-electron chi connectivity index (χ0n) is 11.7. The number of imidazole rings is 1. The molecule has 1 heterocycles. The molecule has 0 aliphatic rings. The second-order valence-electron chi connectivity index (χ2n) is 4.88. The first kappa shape index (κ1) is 13.7. The number of aromatic nitrogens is 2. The molecule has 0 aliphatic carbocycles. The number of rotatable bonds is 7. The van der Waals surface area contributed by atoms with Crippen molar-refractivity contribution in [1.82, 2.24) is 9.55 Å². The van der Waals surface area contributed by atoms with Gasteiger partial charge in [0.15, 0.2) is 0 Å². The predicted molar refractivity (Wildman–Crippen MR) is 77.5 cm³/mol. The zero-order valence-corrected chi connectivity index (χ0v) is 11.7. The van der Waals surface area contributed by atoms with Crippen molar-refractivity contribution in [2.45, 2.75) is 39.2 Å². The third-order valence-corrected chi connectivity index (χ3v) is 3.45. The standard InChI is InChI=1S/C16H22N2O/c1-3-14(2)15-5-7-16(8-6-15)19-12-4-10-18-11-9-17-13-18/h5-9,11,13-14H,3-4,10,12H2,1-2H3. The lowest BCUT2D eigenvalue weighted by atomic mass is 9.99. The number of benzene rings is 1. The summed E-state index contributed by atoms with van der Waals surface area (Å²) in [5.74, 6) is 1.58. The maximum atomic E-state index is 5.74. The topological polar surface area (TPSA) is 27.1 Å². The van der Waals surface area contributed by atoms with Crippen LogP contribution in [0.15, 0.2) is 43.0 Å². The SMILES string of the molecule is CCC(C)c1ccc(OCCCn2ccnc2)cc1. The zero-order chi connectivity index (χ0) is 13.5. The lowest BCUT2D eigenvalue weighted by Crippen LogP contribution is -2.03. The van der Waals surface area contributed by atoms with Crippen LogP contribution in [-0.2, 0) is 6.54 Å². The van der Waals surface area contributed by atoms with Crippen molar-refractivity contribution < 1.29 is 4.74 Å². The molecule has 1 aromatic heterocycles. The lowest BCUT2D eigenvalue weighted by Gasteiger charge is -2.11. The van der Waals surface area contributed by atoms with E-state index in [-0.39, 0.29) is 0 Å². The van der Waals surface area contributed by atoms with Crippen LogP contribution in [0.2, 0.25) is 0 Å². The van der Waals surface area contributed by atoms with Gasteiger partial charge in [-0.25, -0.2) is 4.98 Å². The van der Waals surface area contributed by atoms with Crippen molar-refractivity contribution in [1.29, 1.82) is 0 Å². The van der Waals surface area contributed by atoms with Crippen molar-refractivity contribution in [3.63, 3.8) is 0 Å². The van der Waals surface area contributed by atoms with Crippen molar-refractivity contribution in [3.05, 3.63) is 48.5 Å². The van der Waals surface area contributed by atoms with Gasteiger partial charge in [-0.3, -0.25) is 0 Å². The summed E-state index contributed by atoms with van der Waals surface area (Å²) < 4.78 is 7.80. The van der Waals surface area contributed by atoms with Gasteiger partial charge in [0, 0.05) is 18.9 Å². The third-order valence-electron chi connectivity index (χ3n) is 3.45. The van der Waals surface area contributed by atoms with Crippen LogP contribution < -0.4 is 4.74 Å². The Bertz CT molecular complexity index is 462. The Morgan fingerprint density at radius 3 is 2.68 bits per heavy atom. The Morgan fingerprint density at radius 2 is 2.05 bits per heavy atom. The minimum atomic E-state index is 0.621. The van der Waals surface area contributed by atoms with E-state index in [9.17, 15) is 0 Å². The molecular formula is C16H22N2O. The van der Waals surface area contributed by atoms with Gasteiger partial charge in [0.05, 0.1) is 12.9 Å². The van der Waals surface area contributed by atoms with E-state index >= 15 is 0 Å². The van der Waals surface area contributed by atoms with Gasteiger partial charge in [-0.05, 0) is 36.5 Å². The van der Waals surface area contributed by atoms with Crippen LogP contribution in [0, 0.1) is 0 Å². The Kier molecular flexibility index (Phi) is 5.01. The molecule has 0 N–H and O–H groups in total. The molecule has 1 atom stereocenters. The molecule has 0 bridgehead atoms. The van der Waals surface area contributed by atoms with Crippen LogP contribution in [-0.4, -0.2) is 16.2 Å². The first-order valence-corrected chi connectivity index (χ1v) is 6.98. The molecule has 1 aromatic carbocycles. The molecule has 0 radical (unpaired) electrons. The molecule has 0 saturated carbocycles. The summed E-state index contributed by atoms with van der Waals surface area (Å²) in [6.45, 7) is 6.15. The second kappa shape index (κ2) is 6.98. The van der Waals surface area contributed by atoms with Gasteiger partial charge in [0.2, 0.25) is 0 Å². The van der Waals surface area contributed by atoms with Gasteiger partial charge in [-0.15, -0.1) is 0 Å². The number of nitrogens with zero attached hydrogens (tertiary/aromatic N) is 2. The summed E-state index contributed by atoms with van der Waals surface area (Å²) in [6.07, 6.45) is 7.77. The van der Waals surface area contributed by atoms with Crippen LogP contribution >= 0.6 is 0 Å². The molecule has 102 valence electrons. The Labute approximate surface area is 115 Å². The Morgan fingerprint density at radius 1 is 1.26 bits per heavy atom. The fourth-order valence-corrected chi connectivity index (χ4v) is 1.98. The lowest BCUT2D eigenvalue weighted by molar-refractivity contribution is 0.301. The van der Waals surface area contributed by atoms with E-state index < -0.39 is 0 Å². The van der Waals surface area contributed by atoms with E-state index in [1.54, 1.807) is 6.20 Å². The van der Waals surface area contributed by atoms with Gasteiger partial charge in [0.1, 0.15) is 5.75 Å². The summed E-state index contributed by atoms with van der Waals surface area (Å²) >= 11 is 0. The first-order chi connectivity index (χ1) is 9.29. The highest BCUT2D eigenvalue weighted by molar-refractivity contribution is 5.29. The van der Waals surface area contributed by atoms with E-state index in [4.69, 9.17) is 4.74 Å². The second-order valence-corrected chi connectivity index (χ2v) is 4.88. The molecule has 1 unspecified atom stereocenters. The molecule has 0 fully saturated rings. The summed E-state index contributed by atoms with van der Waals surface area (Å²) in [5.41, 5.74) is 1.38. The van der Waals surface area contributed by atoms with Crippen molar-refractivity contribution >= 4 is 0 Å². The highest BCUT2D eigenvalue weighted by atomic mass is 16.5. The summed E-state index contributed by atoms with van der Waals surface area (Å²) in [5, 5.41) is 0. The Balaban J connectivity index is 1.74. The summed E-state index contributed by atoms with van der Waals surface area (Å²) in [6, 6.07) is 8.47. The van der Waals surface area contributed by atoms with Crippen molar-refractivity contribution in [2.24, 2.45) is 0 Å². The van der Waals surface area contributed by atoms with Crippen molar-refractivity contribution in [3.8, 4) is 5.75 Å². The van der Waals surface area contributed by atoms with Crippen LogP contribution in [0.4, 0.5) is 0 Å².